The summed E-state index contributed by atoms with van der Waals surface area (Å²) in [5.74, 6) is 1.14. The molecule has 5 heteroatoms. The summed E-state index contributed by atoms with van der Waals surface area (Å²) in [5.41, 5.74) is 0.885. The second kappa shape index (κ2) is 5.13. The van der Waals surface area contributed by atoms with Gasteiger partial charge in [0.2, 0.25) is 0 Å². The van der Waals surface area contributed by atoms with Gasteiger partial charge in [0, 0.05) is 5.02 Å². The summed E-state index contributed by atoms with van der Waals surface area (Å²) in [6.07, 6.45) is 1.56. The predicted molar refractivity (Wildman–Crippen MR) is 70.5 cm³/mol. The van der Waals surface area contributed by atoms with E-state index in [4.69, 9.17) is 39.5 Å². The lowest BCUT2D eigenvalue weighted by molar-refractivity contribution is 0.476. The molecular formula is C12H8Cl3NO. The molecule has 1 aromatic heterocycles. The van der Waals surface area contributed by atoms with E-state index in [9.17, 15) is 0 Å². The van der Waals surface area contributed by atoms with Gasteiger partial charge in [-0.1, -0.05) is 34.8 Å². The molecule has 2 nitrogen and oxygen atoms in total. The molecule has 0 aliphatic heterocycles. The van der Waals surface area contributed by atoms with Gasteiger partial charge in [-0.25, -0.2) is 4.98 Å². The van der Waals surface area contributed by atoms with Gasteiger partial charge in [0.05, 0.1) is 11.2 Å². The zero-order valence-electron chi connectivity index (χ0n) is 8.88. The summed E-state index contributed by atoms with van der Waals surface area (Å²) < 4.78 is 5.64. The van der Waals surface area contributed by atoms with Crippen LogP contribution in [0, 0.1) is 6.92 Å². The fourth-order valence-corrected chi connectivity index (χ4v) is 1.95. The average molecular weight is 289 g/mol. The third kappa shape index (κ3) is 3.03. The van der Waals surface area contributed by atoms with E-state index in [-0.39, 0.29) is 0 Å². The monoisotopic (exact) mass is 287 g/mol. The lowest BCUT2D eigenvalue weighted by Crippen LogP contribution is -1.90. The topological polar surface area (TPSA) is 22.1 Å². The molecule has 0 radical (unpaired) electrons. The smallest absolute Gasteiger partial charge is 0.148 e. The van der Waals surface area contributed by atoms with Crippen molar-refractivity contribution in [3.05, 3.63) is 51.2 Å². The van der Waals surface area contributed by atoms with Gasteiger partial charge in [-0.3, -0.25) is 0 Å². The molecular weight excluding hydrogens is 280 g/mol. The van der Waals surface area contributed by atoms with E-state index in [1.165, 1.54) is 0 Å². The molecule has 2 rings (SSSR count). The van der Waals surface area contributed by atoms with Crippen molar-refractivity contribution in [2.45, 2.75) is 6.92 Å². The number of halogens is 3. The normalized spacial score (nSPS) is 10.4. The SMILES string of the molecule is Cc1cc(Cl)ncc1Oc1ccc(Cl)cc1Cl. The molecule has 1 heterocycles. The van der Waals surface area contributed by atoms with Gasteiger partial charge in [-0.15, -0.1) is 0 Å². The van der Waals surface area contributed by atoms with Crippen molar-refractivity contribution >= 4 is 34.8 Å². The van der Waals surface area contributed by atoms with Gasteiger partial charge in [-0.05, 0) is 36.8 Å². The van der Waals surface area contributed by atoms with Gasteiger partial charge >= 0.3 is 0 Å². The minimum absolute atomic E-state index is 0.428. The van der Waals surface area contributed by atoms with Crippen molar-refractivity contribution in [1.82, 2.24) is 4.98 Å². The Hall–Kier alpha value is -0.960. The molecule has 0 N–H and O–H groups in total. The van der Waals surface area contributed by atoms with Crippen LogP contribution in [-0.4, -0.2) is 4.98 Å². The van der Waals surface area contributed by atoms with Crippen LogP contribution < -0.4 is 4.74 Å². The van der Waals surface area contributed by atoms with Crippen LogP contribution in [0.25, 0.3) is 0 Å². The van der Waals surface area contributed by atoms with Crippen molar-refractivity contribution in [2.24, 2.45) is 0 Å². The first-order chi connectivity index (χ1) is 8.06. The largest absolute Gasteiger partial charge is 0.454 e. The second-order valence-electron chi connectivity index (χ2n) is 3.45. The molecule has 0 fully saturated rings. The quantitative estimate of drug-likeness (QED) is 0.714. The number of nitrogens with zero attached hydrogens (tertiary/aromatic N) is 1. The van der Waals surface area contributed by atoms with Crippen molar-refractivity contribution in [3.8, 4) is 11.5 Å². The Labute approximate surface area is 114 Å². The highest BCUT2D eigenvalue weighted by molar-refractivity contribution is 6.35. The van der Waals surface area contributed by atoms with E-state index in [2.05, 4.69) is 4.98 Å². The molecule has 0 amide bonds. The highest BCUT2D eigenvalue weighted by atomic mass is 35.5. The molecule has 0 aliphatic carbocycles. The summed E-state index contributed by atoms with van der Waals surface area (Å²) in [6.45, 7) is 1.88. The van der Waals surface area contributed by atoms with Crippen LogP contribution >= 0.6 is 34.8 Å². The standard InChI is InChI=1S/C12H8Cl3NO/c1-7-4-12(15)16-6-11(7)17-10-3-2-8(13)5-9(10)14/h2-6H,1H3. The zero-order valence-corrected chi connectivity index (χ0v) is 11.1. The van der Waals surface area contributed by atoms with Gasteiger partial charge in [0.25, 0.3) is 0 Å². The molecule has 0 saturated carbocycles. The van der Waals surface area contributed by atoms with E-state index in [1.807, 2.05) is 6.92 Å². The number of aryl methyl sites for hydroxylation is 1. The predicted octanol–water partition coefficient (Wildman–Crippen LogP) is 5.14. The fourth-order valence-electron chi connectivity index (χ4n) is 1.29. The van der Waals surface area contributed by atoms with Gasteiger partial charge in [0.15, 0.2) is 0 Å². The Morgan fingerprint density at radius 3 is 2.47 bits per heavy atom. The minimum atomic E-state index is 0.428. The number of hydrogen-bond donors (Lipinski definition) is 0. The summed E-state index contributed by atoms with van der Waals surface area (Å²) >= 11 is 17.6. The average Bonchev–Trinajstić information content (AvgIpc) is 2.25. The molecule has 0 aliphatic rings. The van der Waals surface area contributed by atoms with Crippen molar-refractivity contribution in [3.63, 3.8) is 0 Å². The van der Waals surface area contributed by atoms with Crippen LogP contribution in [0.5, 0.6) is 11.5 Å². The lowest BCUT2D eigenvalue weighted by atomic mass is 10.3. The van der Waals surface area contributed by atoms with E-state index in [1.54, 1.807) is 30.5 Å². The van der Waals surface area contributed by atoms with E-state index >= 15 is 0 Å². The Morgan fingerprint density at radius 1 is 1.06 bits per heavy atom. The van der Waals surface area contributed by atoms with Gasteiger partial charge in [-0.2, -0.15) is 0 Å². The number of hydrogen-bond acceptors (Lipinski definition) is 2. The van der Waals surface area contributed by atoms with Crippen LogP contribution in [0.15, 0.2) is 30.5 Å². The second-order valence-corrected chi connectivity index (χ2v) is 4.68. The summed E-state index contributed by atoms with van der Waals surface area (Å²) in [6, 6.07) is 6.76. The number of pyridine rings is 1. The molecule has 0 atom stereocenters. The van der Waals surface area contributed by atoms with E-state index in [0.717, 1.165) is 5.56 Å². The first-order valence-electron chi connectivity index (χ1n) is 4.81. The summed E-state index contributed by atoms with van der Waals surface area (Å²) in [5, 5.41) is 1.44. The van der Waals surface area contributed by atoms with E-state index < -0.39 is 0 Å². The summed E-state index contributed by atoms with van der Waals surface area (Å²) in [7, 11) is 0. The first-order valence-corrected chi connectivity index (χ1v) is 5.94. The van der Waals surface area contributed by atoms with Crippen LogP contribution in [0.4, 0.5) is 0 Å². The number of benzene rings is 1. The molecule has 0 saturated heterocycles. The number of aromatic nitrogens is 1. The zero-order chi connectivity index (χ0) is 12.4. The van der Waals surface area contributed by atoms with Crippen LogP contribution in [0.3, 0.4) is 0 Å². The molecule has 0 bridgehead atoms. The molecule has 2 aromatic rings. The third-order valence-electron chi connectivity index (χ3n) is 2.14. The minimum Gasteiger partial charge on any atom is -0.454 e. The van der Waals surface area contributed by atoms with Crippen LogP contribution in [0.2, 0.25) is 15.2 Å². The maximum atomic E-state index is 6.01. The molecule has 0 spiro atoms. The Morgan fingerprint density at radius 2 is 1.82 bits per heavy atom. The lowest BCUT2D eigenvalue weighted by Gasteiger charge is -2.09. The van der Waals surface area contributed by atoms with Crippen molar-refractivity contribution in [2.75, 3.05) is 0 Å². The van der Waals surface area contributed by atoms with Gasteiger partial charge in [0.1, 0.15) is 16.7 Å². The number of rotatable bonds is 2. The highest BCUT2D eigenvalue weighted by Gasteiger charge is 2.07. The highest BCUT2D eigenvalue weighted by Crippen LogP contribution is 2.32. The molecule has 17 heavy (non-hydrogen) atoms. The maximum absolute atomic E-state index is 6.01. The Kier molecular flexibility index (Phi) is 3.77. The maximum Gasteiger partial charge on any atom is 0.148 e. The van der Waals surface area contributed by atoms with Crippen LogP contribution in [0.1, 0.15) is 5.56 Å². The summed E-state index contributed by atoms with van der Waals surface area (Å²) in [4.78, 5) is 3.95. The first kappa shape index (κ1) is 12.5. The van der Waals surface area contributed by atoms with Gasteiger partial charge < -0.3 is 4.74 Å². The van der Waals surface area contributed by atoms with Crippen molar-refractivity contribution in [1.29, 1.82) is 0 Å². The third-order valence-corrected chi connectivity index (χ3v) is 2.88. The van der Waals surface area contributed by atoms with Crippen molar-refractivity contribution < 1.29 is 4.74 Å². The fraction of sp³-hybridized carbons (Fsp3) is 0.0833. The molecule has 1 aromatic carbocycles. The van der Waals surface area contributed by atoms with E-state index in [0.29, 0.717) is 26.7 Å². The Bertz CT molecular complexity index is 508. The van der Waals surface area contributed by atoms with Crippen LogP contribution in [-0.2, 0) is 0 Å². The Balaban J connectivity index is 2.31. The molecule has 0 unspecified atom stereocenters. The number of ether oxygens (including phenoxy) is 1. The molecule has 88 valence electrons.